The Balaban J connectivity index is 1.84. The van der Waals surface area contributed by atoms with Crippen LogP contribution >= 0.6 is 11.8 Å². The number of nitrogens with zero attached hydrogens (tertiary/aromatic N) is 2. The zero-order valence-electron chi connectivity index (χ0n) is 12.9. The molecule has 2 fully saturated rings. The molecule has 0 aliphatic carbocycles. The fourth-order valence-electron chi connectivity index (χ4n) is 2.77. The van der Waals surface area contributed by atoms with E-state index >= 15 is 0 Å². The summed E-state index contributed by atoms with van der Waals surface area (Å²) in [5.74, 6) is 2.32. The zero-order chi connectivity index (χ0) is 14.2. The van der Waals surface area contributed by atoms with Gasteiger partial charge in [-0.25, -0.2) is 0 Å². The van der Waals surface area contributed by atoms with Gasteiger partial charge in [0.25, 0.3) is 0 Å². The fraction of sp³-hybridized carbons (Fsp3) is 0.933. The van der Waals surface area contributed by atoms with Crippen LogP contribution in [0.2, 0.25) is 0 Å². The van der Waals surface area contributed by atoms with Crippen LogP contribution in [-0.2, 0) is 4.74 Å². The van der Waals surface area contributed by atoms with Crippen LogP contribution in [0.4, 0.5) is 0 Å². The molecule has 2 aliphatic heterocycles. The lowest BCUT2D eigenvalue weighted by atomic mass is 10.2. The molecule has 2 saturated heterocycles. The summed E-state index contributed by atoms with van der Waals surface area (Å²) < 4.78 is 5.67. The third-order valence-corrected chi connectivity index (χ3v) is 5.34. The second kappa shape index (κ2) is 8.78. The van der Waals surface area contributed by atoms with E-state index in [1.54, 1.807) is 0 Å². The minimum absolute atomic E-state index is 0.446. The molecule has 0 amide bonds. The summed E-state index contributed by atoms with van der Waals surface area (Å²) in [7, 11) is 0. The number of aliphatic imine (C=N–C) groups is 1. The van der Waals surface area contributed by atoms with Gasteiger partial charge in [-0.3, -0.25) is 4.99 Å². The van der Waals surface area contributed by atoms with Crippen LogP contribution in [0.15, 0.2) is 4.99 Å². The van der Waals surface area contributed by atoms with Crippen LogP contribution in [0.25, 0.3) is 0 Å². The Morgan fingerprint density at radius 1 is 1.45 bits per heavy atom. The van der Waals surface area contributed by atoms with Gasteiger partial charge in [-0.15, -0.1) is 0 Å². The van der Waals surface area contributed by atoms with Crippen molar-refractivity contribution in [1.82, 2.24) is 10.2 Å². The predicted molar refractivity (Wildman–Crippen MR) is 87.7 cm³/mol. The molecule has 20 heavy (non-hydrogen) atoms. The predicted octanol–water partition coefficient (Wildman–Crippen LogP) is 2.35. The second-order valence-electron chi connectivity index (χ2n) is 5.51. The molecule has 2 aliphatic rings. The van der Waals surface area contributed by atoms with Gasteiger partial charge in [0, 0.05) is 43.8 Å². The van der Waals surface area contributed by atoms with Crippen molar-refractivity contribution < 1.29 is 4.74 Å². The molecule has 0 radical (unpaired) electrons. The lowest BCUT2D eigenvalue weighted by Crippen LogP contribution is -2.48. The van der Waals surface area contributed by atoms with Crippen molar-refractivity contribution >= 4 is 17.7 Å². The smallest absolute Gasteiger partial charge is 0.193 e. The SMILES string of the molecule is CCNC(=NCCC1CCCO1)N1CCSC(CC)C1. The van der Waals surface area contributed by atoms with Crippen molar-refractivity contribution in [3.8, 4) is 0 Å². The van der Waals surface area contributed by atoms with Crippen molar-refractivity contribution in [3.05, 3.63) is 0 Å². The summed E-state index contributed by atoms with van der Waals surface area (Å²) in [4.78, 5) is 7.25. The Labute approximate surface area is 127 Å². The second-order valence-corrected chi connectivity index (χ2v) is 6.91. The normalized spacial score (nSPS) is 27.9. The number of guanidine groups is 1. The summed E-state index contributed by atoms with van der Waals surface area (Å²) in [5.41, 5.74) is 0. The zero-order valence-corrected chi connectivity index (χ0v) is 13.8. The van der Waals surface area contributed by atoms with Crippen LogP contribution in [0.5, 0.6) is 0 Å². The molecule has 1 N–H and O–H groups in total. The maximum absolute atomic E-state index is 5.67. The number of nitrogens with one attached hydrogen (secondary N) is 1. The van der Waals surface area contributed by atoms with Gasteiger partial charge in [-0.1, -0.05) is 6.92 Å². The number of hydrogen-bond donors (Lipinski definition) is 1. The van der Waals surface area contributed by atoms with Crippen LogP contribution in [-0.4, -0.2) is 60.8 Å². The Morgan fingerprint density at radius 3 is 3.05 bits per heavy atom. The van der Waals surface area contributed by atoms with Crippen LogP contribution in [0, 0.1) is 0 Å². The maximum atomic E-state index is 5.67. The first-order chi connectivity index (χ1) is 9.83. The quantitative estimate of drug-likeness (QED) is 0.624. The molecular weight excluding hydrogens is 270 g/mol. The highest BCUT2D eigenvalue weighted by atomic mass is 32.2. The molecule has 0 spiro atoms. The highest BCUT2D eigenvalue weighted by Crippen LogP contribution is 2.21. The van der Waals surface area contributed by atoms with Crippen LogP contribution in [0.3, 0.4) is 0 Å². The molecule has 0 aromatic carbocycles. The van der Waals surface area contributed by atoms with Crippen molar-refractivity contribution in [2.24, 2.45) is 4.99 Å². The third-order valence-electron chi connectivity index (χ3n) is 3.97. The largest absolute Gasteiger partial charge is 0.378 e. The Kier molecular flexibility index (Phi) is 7.00. The Bertz CT molecular complexity index is 305. The first kappa shape index (κ1) is 16.0. The average Bonchev–Trinajstić information content (AvgIpc) is 3.00. The van der Waals surface area contributed by atoms with Gasteiger partial charge in [0.2, 0.25) is 0 Å². The molecule has 2 rings (SSSR count). The molecule has 0 bridgehead atoms. The number of hydrogen-bond acceptors (Lipinski definition) is 3. The van der Waals surface area contributed by atoms with E-state index in [1.807, 2.05) is 0 Å². The lowest BCUT2D eigenvalue weighted by Gasteiger charge is -2.34. The van der Waals surface area contributed by atoms with E-state index in [9.17, 15) is 0 Å². The van der Waals surface area contributed by atoms with Crippen molar-refractivity contribution in [3.63, 3.8) is 0 Å². The number of ether oxygens (including phenoxy) is 1. The van der Waals surface area contributed by atoms with E-state index in [1.165, 1.54) is 25.0 Å². The summed E-state index contributed by atoms with van der Waals surface area (Å²) >= 11 is 2.10. The van der Waals surface area contributed by atoms with Gasteiger partial charge in [0.15, 0.2) is 5.96 Å². The third kappa shape index (κ3) is 4.85. The maximum Gasteiger partial charge on any atom is 0.193 e. The summed E-state index contributed by atoms with van der Waals surface area (Å²) in [6.45, 7) is 9.44. The van der Waals surface area contributed by atoms with E-state index in [4.69, 9.17) is 9.73 Å². The van der Waals surface area contributed by atoms with Gasteiger partial charge in [-0.2, -0.15) is 11.8 Å². The topological polar surface area (TPSA) is 36.9 Å². The summed E-state index contributed by atoms with van der Waals surface area (Å²) in [6, 6.07) is 0. The van der Waals surface area contributed by atoms with Gasteiger partial charge in [0.1, 0.15) is 0 Å². The van der Waals surface area contributed by atoms with Crippen molar-refractivity contribution in [2.45, 2.75) is 50.9 Å². The Hall–Kier alpha value is -0.420. The molecular formula is C15H29N3OS. The van der Waals surface area contributed by atoms with Gasteiger partial charge < -0.3 is 15.0 Å². The van der Waals surface area contributed by atoms with Crippen LogP contribution in [0.1, 0.15) is 39.5 Å². The van der Waals surface area contributed by atoms with Gasteiger partial charge in [0.05, 0.1) is 6.10 Å². The van der Waals surface area contributed by atoms with Crippen molar-refractivity contribution in [2.75, 3.05) is 38.5 Å². The first-order valence-corrected chi connectivity index (χ1v) is 9.14. The molecule has 0 aromatic rings. The summed E-state index contributed by atoms with van der Waals surface area (Å²) in [6.07, 6.45) is 5.19. The monoisotopic (exact) mass is 299 g/mol. The van der Waals surface area contributed by atoms with Crippen molar-refractivity contribution in [1.29, 1.82) is 0 Å². The highest BCUT2D eigenvalue weighted by molar-refractivity contribution is 8.00. The van der Waals surface area contributed by atoms with E-state index in [2.05, 4.69) is 35.8 Å². The molecule has 5 heteroatoms. The van der Waals surface area contributed by atoms with E-state index < -0.39 is 0 Å². The van der Waals surface area contributed by atoms with E-state index in [0.29, 0.717) is 6.10 Å². The number of rotatable bonds is 5. The molecule has 0 saturated carbocycles. The van der Waals surface area contributed by atoms with E-state index in [0.717, 1.165) is 50.4 Å². The first-order valence-electron chi connectivity index (χ1n) is 8.10. The minimum Gasteiger partial charge on any atom is -0.378 e. The molecule has 2 heterocycles. The summed E-state index contributed by atoms with van der Waals surface area (Å²) in [5, 5.41) is 4.20. The molecule has 2 atom stereocenters. The molecule has 116 valence electrons. The highest BCUT2D eigenvalue weighted by Gasteiger charge is 2.21. The van der Waals surface area contributed by atoms with Gasteiger partial charge in [-0.05, 0) is 32.6 Å². The van der Waals surface area contributed by atoms with Crippen LogP contribution < -0.4 is 5.32 Å². The minimum atomic E-state index is 0.446. The molecule has 4 nitrogen and oxygen atoms in total. The molecule has 0 aromatic heterocycles. The Morgan fingerprint density at radius 2 is 2.35 bits per heavy atom. The molecule has 2 unspecified atom stereocenters. The lowest BCUT2D eigenvalue weighted by molar-refractivity contribution is 0.106. The standard InChI is InChI=1S/C15H29N3OS/c1-3-14-12-18(9-11-20-14)15(16-4-2)17-8-7-13-6-5-10-19-13/h13-14H,3-12H2,1-2H3,(H,16,17). The average molecular weight is 299 g/mol. The fourth-order valence-corrected chi connectivity index (χ4v) is 3.95. The number of thioether (sulfide) groups is 1. The van der Waals surface area contributed by atoms with E-state index in [-0.39, 0.29) is 0 Å². The van der Waals surface area contributed by atoms with Gasteiger partial charge >= 0.3 is 0 Å².